The van der Waals surface area contributed by atoms with Crippen LogP contribution in [0.25, 0.3) is 0 Å². The molecule has 4 heteroatoms. The monoisotopic (exact) mass is 264 g/mol. The summed E-state index contributed by atoms with van der Waals surface area (Å²) in [6.45, 7) is 1.92. The lowest BCUT2D eigenvalue weighted by atomic mass is 10.2. The van der Waals surface area contributed by atoms with Crippen molar-refractivity contribution >= 4 is 11.8 Å². The molecule has 3 nitrogen and oxygen atoms in total. The lowest BCUT2D eigenvalue weighted by Crippen LogP contribution is -2.15. The van der Waals surface area contributed by atoms with Crippen molar-refractivity contribution < 1.29 is 4.74 Å². The van der Waals surface area contributed by atoms with Gasteiger partial charge in [0.05, 0.1) is 0 Å². The third-order valence-corrected chi connectivity index (χ3v) is 3.23. The van der Waals surface area contributed by atoms with E-state index in [1.807, 2.05) is 42.1 Å². The third-order valence-electron chi connectivity index (χ3n) is 2.53. The summed E-state index contributed by atoms with van der Waals surface area (Å²) in [6.07, 6.45) is 4.58. The maximum Gasteiger partial charge on any atom is 0.174 e. The molecule has 0 aliphatic rings. The first-order valence-electron chi connectivity index (χ1n) is 6.15. The number of hydrogen-bond acceptors (Lipinski definition) is 4. The molecule has 0 spiro atoms. The predicted octanol–water partition coefficient (Wildman–Crippen LogP) is 2.82. The standard InChI is InChI=1S/C14H20N2OS/c1-18-11-5-4-9-16-12-13-6-2-3-7-14(13)17-10-8-15/h2-3,6-7,16H,4-5,9-12H2,1H3. The van der Waals surface area contributed by atoms with E-state index >= 15 is 0 Å². The van der Waals surface area contributed by atoms with Crippen LogP contribution in [0.1, 0.15) is 18.4 Å². The summed E-state index contributed by atoms with van der Waals surface area (Å²) >= 11 is 1.89. The van der Waals surface area contributed by atoms with E-state index in [1.54, 1.807) is 0 Å². The molecule has 0 saturated heterocycles. The second-order valence-electron chi connectivity index (χ2n) is 3.93. The number of hydrogen-bond donors (Lipinski definition) is 1. The minimum atomic E-state index is 0.102. The van der Waals surface area contributed by atoms with E-state index in [9.17, 15) is 0 Å². The number of nitriles is 1. The van der Waals surface area contributed by atoms with Crippen molar-refractivity contribution in [2.24, 2.45) is 0 Å². The number of ether oxygens (including phenoxy) is 1. The zero-order chi connectivity index (χ0) is 13.1. The lowest BCUT2D eigenvalue weighted by Gasteiger charge is -2.10. The number of thioether (sulfide) groups is 1. The van der Waals surface area contributed by atoms with Gasteiger partial charge in [-0.2, -0.15) is 17.0 Å². The summed E-state index contributed by atoms with van der Waals surface area (Å²) in [4.78, 5) is 0. The van der Waals surface area contributed by atoms with Crippen molar-refractivity contribution in [3.05, 3.63) is 29.8 Å². The van der Waals surface area contributed by atoms with Gasteiger partial charge in [0, 0.05) is 12.1 Å². The van der Waals surface area contributed by atoms with Crippen LogP contribution in [0.3, 0.4) is 0 Å². The second-order valence-corrected chi connectivity index (χ2v) is 4.92. The molecule has 1 rings (SSSR count). The maximum absolute atomic E-state index is 8.52. The number of benzene rings is 1. The Morgan fingerprint density at radius 2 is 2.17 bits per heavy atom. The van der Waals surface area contributed by atoms with Crippen LogP contribution in [0.2, 0.25) is 0 Å². The molecule has 18 heavy (non-hydrogen) atoms. The fraction of sp³-hybridized carbons (Fsp3) is 0.500. The Bertz CT molecular complexity index is 376. The summed E-state index contributed by atoms with van der Waals surface area (Å²) in [5.41, 5.74) is 1.11. The van der Waals surface area contributed by atoms with E-state index in [0.29, 0.717) is 0 Å². The van der Waals surface area contributed by atoms with Gasteiger partial charge < -0.3 is 10.1 Å². The molecule has 1 aromatic carbocycles. The van der Waals surface area contributed by atoms with Gasteiger partial charge in [-0.05, 0) is 37.5 Å². The number of unbranched alkanes of at least 4 members (excludes halogenated alkanes) is 1. The summed E-state index contributed by atoms with van der Waals surface area (Å²) in [5, 5.41) is 11.9. The first-order chi connectivity index (χ1) is 8.88. The molecular formula is C14H20N2OS. The van der Waals surface area contributed by atoms with Crippen molar-refractivity contribution in [3.8, 4) is 11.8 Å². The zero-order valence-electron chi connectivity index (χ0n) is 10.8. The molecule has 0 unspecified atom stereocenters. The van der Waals surface area contributed by atoms with E-state index in [4.69, 9.17) is 10.00 Å². The van der Waals surface area contributed by atoms with Crippen LogP contribution in [-0.2, 0) is 6.54 Å². The molecule has 0 fully saturated rings. The summed E-state index contributed by atoms with van der Waals surface area (Å²) in [7, 11) is 0. The summed E-state index contributed by atoms with van der Waals surface area (Å²) in [5.74, 6) is 2.03. The average Bonchev–Trinajstić information content (AvgIpc) is 2.41. The van der Waals surface area contributed by atoms with Crippen LogP contribution in [0, 0.1) is 11.3 Å². The molecular weight excluding hydrogens is 244 g/mol. The van der Waals surface area contributed by atoms with Crippen LogP contribution in [0.4, 0.5) is 0 Å². The van der Waals surface area contributed by atoms with Gasteiger partial charge in [-0.3, -0.25) is 0 Å². The Balaban J connectivity index is 2.30. The Kier molecular flexibility index (Phi) is 8.11. The molecule has 0 radical (unpaired) electrons. The Hall–Kier alpha value is -1.18. The molecule has 0 aromatic heterocycles. The largest absolute Gasteiger partial charge is 0.478 e. The van der Waals surface area contributed by atoms with E-state index in [1.165, 1.54) is 18.6 Å². The molecule has 98 valence electrons. The highest BCUT2D eigenvalue weighted by molar-refractivity contribution is 7.98. The molecule has 0 amide bonds. The van der Waals surface area contributed by atoms with E-state index in [2.05, 4.69) is 11.6 Å². The first-order valence-corrected chi connectivity index (χ1v) is 7.55. The quantitative estimate of drug-likeness (QED) is 0.697. The highest BCUT2D eigenvalue weighted by Crippen LogP contribution is 2.17. The van der Waals surface area contributed by atoms with Gasteiger partial charge in [0.25, 0.3) is 0 Å². The number of nitrogens with one attached hydrogen (secondary N) is 1. The van der Waals surface area contributed by atoms with Gasteiger partial charge in [0.2, 0.25) is 0 Å². The van der Waals surface area contributed by atoms with Crippen molar-refractivity contribution in [1.29, 1.82) is 5.26 Å². The number of para-hydroxylation sites is 1. The Morgan fingerprint density at radius 3 is 2.94 bits per heavy atom. The van der Waals surface area contributed by atoms with Gasteiger partial charge in [-0.15, -0.1) is 0 Å². The maximum atomic E-state index is 8.52. The summed E-state index contributed by atoms with van der Waals surface area (Å²) in [6, 6.07) is 9.84. The summed E-state index contributed by atoms with van der Waals surface area (Å²) < 4.78 is 5.38. The van der Waals surface area contributed by atoms with Crippen LogP contribution in [-0.4, -0.2) is 25.2 Å². The molecule has 0 bridgehead atoms. The van der Waals surface area contributed by atoms with Gasteiger partial charge in [0.15, 0.2) is 6.61 Å². The van der Waals surface area contributed by atoms with Gasteiger partial charge >= 0.3 is 0 Å². The Morgan fingerprint density at radius 1 is 1.33 bits per heavy atom. The smallest absolute Gasteiger partial charge is 0.174 e. The van der Waals surface area contributed by atoms with Gasteiger partial charge in [0.1, 0.15) is 11.8 Å². The van der Waals surface area contributed by atoms with Gasteiger partial charge in [-0.25, -0.2) is 0 Å². The predicted molar refractivity (Wildman–Crippen MR) is 76.9 cm³/mol. The van der Waals surface area contributed by atoms with Crippen molar-refractivity contribution in [3.63, 3.8) is 0 Å². The molecule has 1 N–H and O–H groups in total. The minimum Gasteiger partial charge on any atom is -0.478 e. The van der Waals surface area contributed by atoms with Crippen molar-refractivity contribution in [1.82, 2.24) is 5.32 Å². The van der Waals surface area contributed by atoms with Crippen molar-refractivity contribution in [2.75, 3.05) is 25.2 Å². The fourth-order valence-electron chi connectivity index (χ4n) is 1.62. The zero-order valence-corrected chi connectivity index (χ0v) is 11.6. The number of rotatable bonds is 9. The second kappa shape index (κ2) is 9.81. The van der Waals surface area contributed by atoms with Crippen LogP contribution >= 0.6 is 11.8 Å². The topological polar surface area (TPSA) is 45.0 Å². The molecule has 0 aliphatic carbocycles. The van der Waals surface area contributed by atoms with Crippen LogP contribution < -0.4 is 10.1 Å². The minimum absolute atomic E-state index is 0.102. The van der Waals surface area contributed by atoms with Gasteiger partial charge in [-0.1, -0.05) is 18.2 Å². The number of nitrogens with zero attached hydrogens (tertiary/aromatic N) is 1. The van der Waals surface area contributed by atoms with E-state index in [-0.39, 0.29) is 6.61 Å². The highest BCUT2D eigenvalue weighted by atomic mass is 32.2. The van der Waals surface area contributed by atoms with E-state index in [0.717, 1.165) is 24.4 Å². The molecule has 0 atom stereocenters. The molecule has 0 aliphatic heterocycles. The van der Waals surface area contributed by atoms with E-state index < -0.39 is 0 Å². The van der Waals surface area contributed by atoms with Crippen molar-refractivity contribution in [2.45, 2.75) is 19.4 Å². The highest BCUT2D eigenvalue weighted by Gasteiger charge is 2.01. The average molecular weight is 264 g/mol. The Labute approximate surface area is 114 Å². The third kappa shape index (κ3) is 5.95. The molecule has 1 aromatic rings. The lowest BCUT2D eigenvalue weighted by molar-refractivity contribution is 0.362. The molecule has 0 saturated carbocycles. The fourth-order valence-corrected chi connectivity index (χ4v) is 2.11. The van der Waals surface area contributed by atoms with Crippen LogP contribution in [0.15, 0.2) is 24.3 Å². The SMILES string of the molecule is CSCCCCNCc1ccccc1OCC#N. The van der Waals surface area contributed by atoms with Crippen LogP contribution in [0.5, 0.6) is 5.75 Å². The normalized spacial score (nSPS) is 10.0. The molecule has 0 heterocycles. The first kappa shape index (κ1) is 14.9.